The molecule has 7 nitrogen and oxygen atoms in total. The molecular weight excluding hydrogens is 306 g/mol. The van der Waals surface area contributed by atoms with Gasteiger partial charge in [-0.2, -0.15) is 0 Å². The lowest BCUT2D eigenvalue weighted by Gasteiger charge is -2.32. The molecule has 7 heteroatoms. The number of hydrogen-bond acceptors (Lipinski definition) is 5. The van der Waals surface area contributed by atoms with Gasteiger partial charge in [0.1, 0.15) is 0 Å². The van der Waals surface area contributed by atoms with Gasteiger partial charge in [-0.15, -0.1) is 10.2 Å². The van der Waals surface area contributed by atoms with Gasteiger partial charge in [-0.3, -0.25) is 9.59 Å². The Morgan fingerprint density at radius 1 is 1.08 bits per heavy atom. The first-order chi connectivity index (χ1) is 11.7. The molecule has 2 heterocycles. The summed E-state index contributed by atoms with van der Waals surface area (Å²) in [5, 5.41) is 11.3. The zero-order chi connectivity index (χ0) is 16.9. The van der Waals surface area contributed by atoms with E-state index in [-0.39, 0.29) is 5.91 Å². The molecule has 1 fully saturated rings. The number of rotatable bonds is 4. The first-order valence-corrected chi connectivity index (χ1v) is 7.82. The Morgan fingerprint density at radius 2 is 1.83 bits per heavy atom. The maximum atomic E-state index is 12.4. The van der Waals surface area contributed by atoms with E-state index in [2.05, 4.69) is 15.5 Å². The van der Waals surface area contributed by atoms with Crippen LogP contribution in [0.2, 0.25) is 0 Å². The predicted molar refractivity (Wildman–Crippen MR) is 90.0 cm³/mol. The summed E-state index contributed by atoms with van der Waals surface area (Å²) >= 11 is 0. The Labute approximate surface area is 140 Å². The van der Waals surface area contributed by atoms with Crippen molar-refractivity contribution in [2.75, 3.05) is 31.5 Å². The van der Waals surface area contributed by atoms with Crippen LogP contribution in [0.4, 0.5) is 11.5 Å². The molecule has 1 saturated heterocycles. The molecule has 2 amide bonds. The molecule has 0 aliphatic carbocycles. The molecule has 1 aromatic carbocycles. The van der Waals surface area contributed by atoms with Gasteiger partial charge in [0.05, 0.1) is 0 Å². The van der Waals surface area contributed by atoms with Gasteiger partial charge in [0, 0.05) is 31.9 Å². The number of nitrogens with one attached hydrogen (secondary N) is 1. The van der Waals surface area contributed by atoms with Crippen LogP contribution in [0.15, 0.2) is 36.4 Å². The third kappa shape index (κ3) is 3.51. The van der Waals surface area contributed by atoms with E-state index in [4.69, 9.17) is 0 Å². The van der Waals surface area contributed by atoms with Crippen molar-refractivity contribution >= 4 is 23.8 Å². The van der Waals surface area contributed by atoms with E-state index < -0.39 is 0 Å². The molecule has 124 valence electrons. The standard InChI is InChI=1S/C17H19N5O2/c1-13-4-2-3-5-14(13)18-16-7-6-15(19-20-16)17(24)22-10-8-21(12-23)9-11-22/h2-7,12H,8-11H2,1H3,(H,18,20). The van der Waals surface area contributed by atoms with Crippen LogP contribution in [0.1, 0.15) is 16.1 Å². The fourth-order valence-electron chi connectivity index (χ4n) is 2.56. The molecular formula is C17H19N5O2. The zero-order valence-electron chi connectivity index (χ0n) is 13.5. The van der Waals surface area contributed by atoms with Gasteiger partial charge < -0.3 is 15.1 Å². The number of anilines is 2. The summed E-state index contributed by atoms with van der Waals surface area (Å²) in [6, 6.07) is 11.3. The Kier molecular flexibility index (Phi) is 4.69. The van der Waals surface area contributed by atoms with E-state index in [0.29, 0.717) is 37.7 Å². The number of piperazine rings is 1. The zero-order valence-corrected chi connectivity index (χ0v) is 13.5. The van der Waals surface area contributed by atoms with Crippen molar-refractivity contribution < 1.29 is 9.59 Å². The maximum absolute atomic E-state index is 12.4. The number of amides is 2. The summed E-state index contributed by atoms with van der Waals surface area (Å²) in [6.45, 7) is 4.14. The highest BCUT2D eigenvalue weighted by molar-refractivity contribution is 5.92. The summed E-state index contributed by atoms with van der Waals surface area (Å²) < 4.78 is 0. The van der Waals surface area contributed by atoms with Gasteiger partial charge in [-0.25, -0.2) is 0 Å². The van der Waals surface area contributed by atoms with Crippen molar-refractivity contribution in [3.63, 3.8) is 0 Å². The number of hydrogen-bond donors (Lipinski definition) is 1. The second kappa shape index (κ2) is 7.08. The Bertz CT molecular complexity index is 724. The van der Waals surface area contributed by atoms with Crippen LogP contribution in [0.3, 0.4) is 0 Å². The topological polar surface area (TPSA) is 78.4 Å². The third-order valence-corrected chi connectivity index (χ3v) is 4.04. The number of aromatic nitrogens is 2. The molecule has 0 unspecified atom stereocenters. The van der Waals surface area contributed by atoms with Gasteiger partial charge in [0.15, 0.2) is 11.5 Å². The highest BCUT2D eigenvalue weighted by atomic mass is 16.2. The lowest BCUT2D eigenvalue weighted by atomic mass is 10.2. The summed E-state index contributed by atoms with van der Waals surface area (Å²) in [7, 11) is 0. The Morgan fingerprint density at radius 3 is 2.46 bits per heavy atom. The van der Waals surface area contributed by atoms with Crippen LogP contribution < -0.4 is 5.32 Å². The predicted octanol–water partition coefficient (Wildman–Crippen LogP) is 1.44. The van der Waals surface area contributed by atoms with Crippen LogP contribution >= 0.6 is 0 Å². The Balaban J connectivity index is 1.65. The molecule has 0 saturated carbocycles. The smallest absolute Gasteiger partial charge is 0.274 e. The summed E-state index contributed by atoms with van der Waals surface area (Å²) in [6.07, 6.45) is 0.813. The van der Waals surface area contributed by atoms with Gasteiger partial charge >= 0.3 is 0 Å². The molecule has 0 atom stereocenters. The number of benzene rings is 1. The lowest BCUT2D eigenvalue weighted by Crippen LogP contribution is -2.48. The molecule has 0 bridgehead atoms. The quantitative estimate of drug-likeness (QED) is 0.861. The van der Waals surface area contributed by atoms with E-state index in [1.54, 1.807) is 21.9 Å². The minimum Gasteiger partial charge on any atom is -0.342 e. The molecule has 0 spiro atoms. The fourth-order valence-corrected chi connectivity index (χ4v) is 2.56. The first kappa shape index (κ1) is 15.9. The molecule has 0 radical (unpaired) electrons. The molecule has 3 rings (SSSR count). The average Bonchev–Trinajstić information content (AvgIpc) is 2.64. The van der Waals surface area contributed by atoms with Crippen molar-refractivity contribution in [3.05, 3.63) is 47.7 Å². The summed E-state index contributed by atoms with van der Waals surface area (Å²) in [5.41, 5.74) is 2.37. The van der Waals surface area contributed by atoms with Gasteiger partial charge in [0.2, 0.25) is 6.41 Å². The van der Waals surface area contributed by atoms with Gasteiger partial charge in [-0.05, 0) is 30.7 Å². The first-order valence-electron chi connectivity index (χ1n) is 7.82. The normalized spacial score (nSPS) is 14.4. The summed E-state index contributed by atoms with van der Waals surface area (Å²) in [5.74, 6) is 0.433. The molecule has 2 aromatic rings. The van der Waals surface area contributed by atoms with Gasteiger partial charge in [0.25, 0.3) is 5.91 Å². The Hall–Kier alpha value is -2.96. The second-order valence-electron chi connectivity index (χ2n) is 5.68. The van der Waals surface area contributed by atoms with Crippen LogP contribution in [0.25, 0.3) is 0 Å². The van der Waals surface area contributed by atoms with E-state index >= 15 is 0 Å². The van der Waals surface area contributed by atoms with Crippen molar-refractivity contribution in [1.82, 2.24) is 20.0 Å². The largest absolute Gasteiger partial charge is 0.342 e. The van der Waals surface area contributed by atoms with E-state index in [9.17, 15) is 9.59 Å². The molecule has 24 heavy (non-hydrogen) atoms. The molecule has 1 N–H and O–H groups in total. The van der Waals surface area contributed by atoms with Crippen LogP contribution in [-0.2, 0) is 4.79 Å². The minimum atomic E-state index is -0.157. The summed E-state index contributed by atoms with van der Waals surface area (Å²) in [4.78, 5) is 26.5. The van der Waals surface area contributed by atoms with E-state index in [1.807, 2.05) is 31.2 Å². The lowest BCUT2D eigenvalue weighted by molar-refractivity contribution is -0.119. The highest BCUT2D eigenvalue weighted by Gasteiger charge is 2.22. The average molecular weight is 325 g/mol. The molecule has 1 aliphatic rings. The van der Waals surface area contributed by atoms with Crippen molar-refractivity contribution in [3.8, 4) is 0 Å². The van der Waals surface area contributed by atoms with Crippen LogP contribution in [-0.4, -0.2) is 58.5 Å². The maximum Gasteiger partial charge on any atom is 0.274 e. The third-order valence-electron chi connectivity index (χ3n) is 4.04. The van der Waals surface area contributed by atoms with E-state index in [0.717, 1.165) is 17.7 Å². The van der Waals surface area contributed by atoms with Crippen LogP contribution in [0.5, 0.6) is 0 Å². The van der Waals surface area contributed by atoms with Crippen molar-refractivity contribution in [2.45, 2.75) is 6.92 Å². The number of para-hydroxylation sites is 1. The second-order valence-corrected chi connectivity index (χ2v) is 5.68. The fraction of sp³-hybridized carbons (Fsp3) is 0.294. The molecule has 1 aliphatic heterocycles. The highest BCUT2D eigenvalue weighted by Crippen LogP contribution is 2.18. The number of nitrogens with zero attached hydrogens (tertiary/aromatic N) is 4. The van der Waals surface area contributed by atoms with Crippen LogP contribution in [0, 0.1) is 6.92 Å². The SMILES string of the molecule is Cc1ccccc1Nc1ccc(C(=O)N2CCN(C=O)CC2)nn1. The van der Waals surface area contributed by atoms with Crippen molar-refractivity contribution in [2.24, 2.45) is 0 Å². The van der Waals surface area contributed by atoms with E-state index in [1.165, 1.54) is 0 Å². The monoisotopic (exact) mass is 325 g/mol. The van der Waals surface area contributed by atoms with Crippen molar-refractivity contribution in [1.29, 1.82) is 0 Å². The van der Waals surface area contributed by atoms with Gasteiger partial charge in [-0.1, -0.05) is 18.2 Å². The number of aryl methyl sites for hydroxylation is 1. The number of carbonyl (C=O) groups excluding carboxylic acids is 2. The number of carbonyl (C=O) groups is 2. The molecule has 1 aromatic heterocycles. The minimum absolute atomic E-state index is 0.157.